The Labute approximate surface area is 287 Å². The first-order valence-corrected chi connectivity index (χ1v) is 23.6. The van der Waals surface area contributed by atoms with Gasteiger partial charge in [-0.25, -0.2) is 0 Å². The lowest BCUT2D eigenvalue weighted by atomic mass is 9.56. The first kappa shape index (κ1) is 41.5. The van der Waals surface area contributed by atoms with Gasteiger partial charge in [0.1, 0.15) is 6.10 Å². The van der Waals surface area contributed by atoms with Gasteiger partial charge in [0.15, 0.2) is 8.32 Å². The molecule has 3 fully saturated rings. The molecule has 3 rings (SSSR count). The maximum Gasteiger partial charge on any atom is 0.276 e. The van der Waals surface area contributed by atoms with Gasteiger partial charge >= 0.3 is 0 Å². The predicted molar refractivity (Wildman–Crippen MR) is 201 cm³/mol. The molecule has 0 amide bonds. The molecule has 0 aliphatic heterocycles. The molecule has 0 heterocycles. The van der Waals surface area contributed by atoms with Crippen molar-refractivity contribution in [3.63, 3.8) is 0 Å². The van der Waals surface area contributed by atoms with Crippen molar-refractivity contribution in [3.05, 3.63) is 36.0 Å². The van der Waals surface area contributed by atoms with E-state index in [0.29, 0.717) is 30.1 Å². The molecular formula is C40H74O4Si2. The van der Waals surface area contributed by atoms with Crippen LogP contribution in [0.1, 0.15) is 134 Å². The highest BCUT2D eigenvalue weighted by molar-refractivity contribution is 6.73. The second kappa shape index (κ2) is 17.8. The fourth-order valence-electron chi connectivity index (χ4n) is 9.13. The van der Waals surface area contributed by atoms with Crippen LogP contribution in [-0.4, -0.2) is 44.5 Å². The summed E-state index contributed by atoms with van der Waals surface area (Å²) in [5.74, 6) is 2.08. The van der Waals surface area contributed by atoms with Gasteiger partial charge in [-0.15, -0.1) is 0 Å². The fraction of sp³-hybridized carbons (Fsp3) is 0.850. The minimum Gasteiger partial charge on any atom is -0.411 e. The van der Waals surface area contributed by atoms with E-state index in [0.717, 1.165) is 56.2 Å². The normalized spacial score (nSPS) is 31.7. The molecule has 3 saturated carbocycles. The molecule has 0 bridgehead atoms. The van der Waals surface area contributed by atoms with Crippen molar-refractivity contribution in [2.24, 2.45) is 35.0 Å². The SMILES string of the molecule is C=C1CC[C@H](CC)C/C1=C/C(O)C1(O)CCC[C@]2(C)[C@@H]([C@H](C)/C=C/[C@H](C)C(C)(C)O[Si](CC)(CC)CC)CC[C@@H]12.CC[Si](=O)CC. The molecule has 8 atom stereocenters. The third-order valence-electron chi connectivity index (χ3n) is 13.2. The molecule has 0 aromatic rings. The number of hydrogen-bond acceptors (Lipinski definition) is 4. The maximum absolute atomic E-state index is 12.2. The van der Waals surface area contributed by atoms with Gasteiger partial charge in [-0.2, -0.15) is 0 Å². The van der Waals surface area contributed by atoms with Crippen LogP contribution in [0.15, 0.2) is 36.0 Å². The zero-order chi connectivity index (χ0) is 34.9. The molecule has 0 radical (unpaired) electrons. The average Bonchev–Trinajstić information content (AvgIpc) is 3.41. The Balaban J connectivity index is 0.00000112. The highest BCUT2D eigenvalue weighted by atomic mass is 28.4. The zero-order valence-corrected chi connectivity index (χ0v) is 34.0. The molecule has 2 unspecified atom stereocenters. The van der Waals surface area contributed by atoms with E-state index in [1.807, 2.05) is 19.9 Å². The molecule has 46 heavy (non-hydrogen) atoms. The van der Waals surface area contributed by atoms with Crippen molar-refractivity contribution in [3.8, 4) is 0 Å². The summed E-state index contributed by atoms with van der Waals surface area (Å²) in [5, 5.41) is 23.7. The Morgan fingerprint density at radius 1 is 1.02 bits per heavy atom. The minimum atomic E-state index is -1.68. The molecule has 4 nitrogen and oxygen atoms in total. The van der Waals surface area contributed by atoms with Crippen molar-refractivity contribution >= 4 is 17.0 Å². The van der Waals surface area contributed by atoms with Crippen LogP contribution in [-0.2, 0) is 8.89 Å². The van der Waals surface area contributed by atoms with Gasteiger partial charge in [0.05, 0.1) is 11.2 Å². The van der Waals surface area contributed by atoms with Crippen LogP contribution in [0, 0.1) is 35.0 Å². The van der Waals surface area contributed by atoms with E-state index in [4.69, 9.17) is 4.43 Å². The van der Waals surface area contributed by atoms with Gasteiger partial charge in [-0.05, 0) is 136 Å². The van der Waals surface area contributed by atoms with E-state index in [-0.39, 0.29) is 16.9 Å². The summed E-state index contributed by atoms with van der Waals surface area (Å²) in [4.78, 5) is 0. The van der Waals surface area contributed by atoms with Crippen LogP contribution >= 0.6 is 0 Å². The van der Waals surface area contributed by atoms with Crippen molar-refractivity contribution < 1.29 is 19.1 Å². The lowest BCUT2D eigenvalue weighted by Gasteiger charge is -2.52. The minimum absolute atomic E-state index is 0.0374. The van der Waals surface area contributed by atoms with Crippen LogP contribution in [0.4, 0.5) is 0 Å². The van der Waals surface area contributed by atoms with Gasteiger partial charge in [-0.1, -0.05) is 93.0 Å². The van der Waals surface area contributed by atoms with Crippen LogP contribution in [0.3, 0.4) is 0 Å². The summed E-state index contributed by atoms with van der Waals surface area (Å²) in [5.41, 5.74) is 1.17. The maximum atomic E-state index is 12.2. The number of rotatable bonds is 14. The van der Waals surface area contributed by atoms with Gasteiger partial charge in [0.2, 0.25) is 0 Å². The quantitative estimate of drug-likeness (QED) is 0.142. The smallest absolute Gasteiger partial charge is 0.276 e. The summed E-state index contributed by atoms with van der Waals surface area (Å²) < 4.78 is 17.3. The lowest BCUT2D eigenvalue weighted by Crippen LogP contribution is -2.56. The largest absolute Gasteiger partial charge is 0.411 e. The molecule has 0 aromatic heterocycles. The van der Waals surface area contributed by atoms with Crippen molar-refractivity contribution in [1.29, 1.82) is 0 Å². The summed E-state index contributed by atoms with van der Waals surface area (Å²) in [7, 11) is -2.80. The molecule has 6 heteroatoms. The van der Waals surface area contributed by atoms with Crippen LogP contribution in [0.25, 0.3) is 0 Å². The molecule has 2 N–H and O–H groups in total. The summed E-state index contributed by atoms with van der Waals surface area (Å²) in [6.45, 7) is 29.1. The van der Waals surface area contributed by atoms with Crippen LogP contribution in [0.5, 0.6) is 0 Å². The summed E-state index contributed by atoms with van der Waals surface area (Å²) in [6.07, 6.45) is 15.3. The molecular weight excluding hydrogens is 601 g/mol. The summed E-state index contributed by atoms with van der Waals surface area (Å²) >= 11 is 0. The van der Waals surface area contributed by atoms with Gasteiger partial charge < -0.3 is 19.1 Å². The van der Waals surface area contributed by atoms with Crippen LogP contribution < -0.4 is 0 Å². The standard InChI is InChI=1S/C36H64O3Si.C4H10OSi/c1-11-29-19-17-26(5)30(24-29)25-33(37)36(38)23-15-22-35(10)31(20-21-32(35)36)27(6)16-18-28(7)34(8,9)39-40(12-2,13-3)14-4;1-3-6(5)4-2/h16,18,25,27-29,31-33,37-38H,5,11-15,17,19-24H2,1-4,6-10H3;3-4H2,1-2H3/b18-16+,30-25-;/t27-,28+,29+,31-,32-,33?,35-,36?;/m1./s1. The second-order valence-electron chi connectivity index (χ2n) is 16.1. The summed E-state index contributed by atoms with van der Waals surface area (Å²) in [6, 6.07) is 5.28. The van der Waals surface area contributed by atoms with E-state index >= 15 is 0 Å². The third kappa shape index (κ3) is 9.73. The Bertz CT molecular complexity index is 1030. The molecule has 3 aliphatic rings. The number of aliphatic hydroxyl groups is 2. The topological polar surface area (TPSA) is 66.8 Å². The molecule has 0 aromatic carbocycles. The third-order valence-corrected chi connectivity index (χ3v) is 19.6. The Morgan fingerprint density at radius 3 is 2.15 bits per heavy atom. The van der Waals surface area contributed by atoms with E-state index in [9.17, 15) is 14.7 Å². The van der Waals surface area contributed by atoms with Crippen molar-refractivity contribution in [1.82, 2.24) is 0 Å². The average molecular weight is 675 g/mol. The van der Waals surface area contributed by atoms with E-state index < -0.39 is 28.7 Å². The Kier molecular flexibility index (Phi) is 16.1. The van der Waals surface area contributed by atoms with Gasteiger partial charge in [0.25, 0.3) is 8.68 Å². The van der Waals surface area contributed by atoms with Gasteiger partial charge in [-0.3, -0.25) is 0 Å². The van der Waals surface area contributed by atoms with Gasteiger partial charge in [0, 0.05) is 5.92 Å². The Morgan fingerprint density at radius 2 is 1.63 bits per heavy atom. The van der Waals surface area contributed by atoms with Crippen molar-refractivity contribution in [2.45, 2.75) is 181 Å². The highest BCUT2D eigenvalue weighted by Crippen LogP contribution is 2.61. The lowest BCUT2D eigenvalue weighted by molar-refractivity contribution is -0.155. The second-order valence-corrected chi connectivity index (χ2v) is 23.3. The number of allylic oxidation sites excluding steroid dienone is 3. The van der Waals surface area contributed by atoms with Crippen LogP contribution in [0.2, 0.25) is 30.2 Å². The highest BCUT2D eigenvalue weighted by Gasteiger charge is 2.59. The number of hydrogen-bond donors (Lipinski definition) is 2. The molecule has 3 aliphatic carbocycles. The zero-order valence-electron chi connectivity index (χ0n) is 32.0. The van der Waals surface area contributed by atoms with E-state index in [1.165, 1.54) is 36.5 Å². The van der Waals surface area contributed by atoms with E-state index in [2.05, 4.69) is 81.0 Å². The number of fused-ring (bicyclic) bond motifs is 1. The monoisotopic (exact) mass is 675 g/mol. The predicted octanol–water partition coefficient (Wildman–Crippen LogP) is 11.1. The fourth-order valence-corrected chi connectivity index (χ4v) is 12.9. The first-order valence-electron chi connectivity index (χ1n) is 19.2. The molecule has 266 valence electrons. The molecule has 0 saturated heterocycles. The van der Waals surface area contributed by atoms with Crippen molar-refractivity contribution in [2.75, 3.05) is 0 Å². The van der Waals surface area contributed by atoms with E-state index in [1.54, 1.807) is 0 Å². The molecule has 0 spiro atoms. The number of aliphatic hydroxyl groups excluding tert-OH is 1. The first-order chi connectivity index (χ1) is 21.5. The Hall–Kier alpha value is -0.666.